The Kier molecular flexibility index (Phi) is 2.37. The van der Waals surface area contributed by atoms with Crippen LogP contribution in [0.1, 0.15) is 18.9 Å². The van der Waals surface area contributed by atoms with E-state index >= 15 is 0 Å². The number of hydrogen-bond acceptors (Lipinski definition) is 3. The van der Waals surface area contributed by atoms with Gasteiger partial charge < -0.3 is 0 Å². The van der Waals surface area contributed by atoms with Gasteiger partial charge in [0.2, 0.25) is 0 Å². The van der Waals surface area contributed by atoms with E-state index in [9.17, 15) is 5.11 Å². The Balaban J connectivity index is 2.96. The molecule has 2 nitrogen and oxygen atoms in total. The first-order valence-corrected chi connectivity index (χ1v) is 5.41. The van der Waals surface area contributed by atoms with E-state index in [1.165, 1.54) is 2.89 Å². The standard InChI is InChI=1S/C6H8NOS.Sn.H/c1-6(2,8)5-7-3-4-9-5;;/h3,8H,1-2H3;;. The van der Waals surface area contributed by atoms with Gasteiger partial charge in [-0.3, -0.25) is 0 Å². The zero-order valence-corrected chi connectivity index (χ0v) is 10.1. The maximum absolute atomic E-state index is 9.46. The molecule has 0 atom stereocenters. The first kappa shape index (κ1) is 8.48. The molecular formula is C6H9NOSSn. The van der Waals surface area contributed by atoms with Crippen LogP contribution in [0.3, 0.4) is 0 Å². The Morgan fingerprint density at radius 3 is 2.50 bits per heavy atom. The molecule has 0 saturated heterocycles. The second-order valence-electron chi connectivity index (χ2n) is 2.63. The minimum absolute atomic E-state index is 0.758. The number of aliphatic hydroxyl groups is 1. The van der Waals surface area contributed by atoms with Gasteiger partial charge in [0.05, 0.1) is 0 Å². The fourth-order valence-electron chi connectivity index (χ4n) is 0.569. The first-order chi connectivity index (χ1) is 4.50. The summed E-state index contributed by atoms with van der Waals surface area (Å²) in [7, 11) is 0. The van der Waals surface area contributed by atoms with Crippen LogP contribution in [-0.2, 0) is 5.60 Å². The van der Waals surface area contributed by atoms with E-state index in [2.05, 4.69) is 4.98 Å². The molecule has 4 heteroatoms. The third-order valence-electron chi connectivity index (χ3n) is 1.05. The van der Waals surface area contributed by atoms with Crippen LogP contribution < -0.4 is 2.89 Å². The van der Waals surface area contributed by atoms with Crippen molar-refractivity contribution in [2.45, 2.75) is 19.4 Å². The van der Waals surface area contributed by atoms with Crippen LogP contribution in [0.15, 0.2) is 6.20 Å². The summed E-state index contributed by atoms with van der Waals surface area (Å²) in [6.45, 7) is 3.51. The first-order valence-electron chi connectivity index (χ1n) is 2.94. The van der Waals surface area contributed by atoms with Crippen molar-refractivity contribution in [1.82, 2.24) is 4.98 Å². The molecule has 1 N–H and O–H groups in total. The van der Waals surface area contributed by atoms with Crippen LogP contribution in [0.2, 0.25) is 0 Å². The van der Waals surface area contributed by atoms with Crippen LogP contribution in [0.4, 0.5) is 0 Å². The van der Waals surface area contributed by atoms with E-state index in [-0.39, 0.29) is 0 Å². The monoisotopic (exact) mass is 263 g/mol. The molecule has 1 aromatic rings. The zero-order chi connectivity index (χ0) is 7.78. The Labute approximate surface area is 77.4 Å². The van der Waals surface area contributed by atoms with E-state index in [1.54, 1.807) is 25.2 Å². The maximum atomic E-state index is 9.46. The SMILES string of the molecule is CC(C)(O)c1nc[c]([SnH])s1. The fraction of sp³-hybridized carbons (Fsp3) is 0.500. The molecule has 54 valence electrons. The molecule has 0 spiro atoms. The van der Waals surface area contributed by atoms with E-state index in [4.69, 9.17) is 0 Å². The van der Waals surface area contributed by atoms with Crippen molar-refractivity contribution in [3.63, 3.8) is 0 Å². The number of nitrogens with zero attached hydrogens (tertiary/aromatic N) is 1. The van der Waals surface area contributed by atoms with Crippen molar-refractivity contribution < 1.29 is 5.11 Å². The van der Waals surface area contributed by atoms with Crippen molar-refractivity contribution in [3.05, 3.63) is 11.2 Å². The molecule has 1 aromatic heterocycles. The van der Waals surface area contributed by atoms with E-state index < -0.39 is 5.60 Å². The molecule has 0 unspecified atom stereocenters. The van der Waals surface area contributed by atoms with Crippen LogP contribution in [-0.4, -0.2) is 32.6 Å². The van der Waals surface area contributed by atoms with Gasteiger partial charge in [-0.25, -0.2) is 0 Å². The number of rotatable bonds is 1. The summed E-state index contributed by atoms with van der Waals surface area (Å²) < 4.78 is 1.27. The second-order valence-corrected chi connectivity index (χ2v) is 6.66. The third kappa shape index (κ3) is 1.93. The minimum atomic E-state index is -0.758. The van der Waals surface area contributed by atoms with E-state index in [0.717, 1.165) is 27.5 Å². The number of aromatic nitrogens is 1. The van der Waals surface area contributed by atoms with Crippen molar-refractivity contribution in [2.24, 2.45) is 0 Å². The predicted octanol–water partition coefficient (Wildman–Crippen LogP) is -0.103. The molecule has 2 radical (unpaired) electrons. The average molecular weight is 262 g/mol. The van der Waals surface area contributed by atoms with Gasteiger partial charge in [0, 0.05) is 0 Å². The quantitative estimate of drug-likeness (QED) is 0.717. The zero-order valence-electron chi connectivity index (χ0n) is 5.96. The van der Waals surface area contributed by atoms with Crippen molar-refractivity contribution >= 4 is 36.8 Å². The van der Waals surface area contributed by atoms with Gasteiger partial charge in [-0.05, 0) is 0 Å². The van der Waals surface area contributed by atoms with Crippen molar-refractivity contribution in [2.75, 3.05) is 0 Å². The molecule has 0 saturated carbocycles. The molecule has 0 amide bonds. The van der Waals surface area contributed by atoms with E-state index in [0.29, 0.717) is 0 Å². The Bertz CT molecular complexity index is 228. The molecule has 0 aromatic carbocycles. The van der Waals surface area contributed by atoms with Crippen LogP contribution in [0.5, 0.6) is 0 Å². The van der Waals surface area contributed by atoms with Gasteiger partial charge in [0.1, 0.15) is 0 Å². The molecule has 0 fully saturated rings. The summed E-state index contributed by atoms with van der Waals surface area (Å²) in [4.78, 5) is 4.09. The summed E-state index contributed by atoms with van der Waals surface area (Å²) in [6, 6.07) is 0. The molecule has 10 heavy (non-hydrogen) atoms. The topological polar surface area (TPSA) is 33.1 Å². The Morgan fingerprint density at radius 1 is 1.70 bits per heavy atom. The van der Waals surface area contributed by atoms with Gasteiger partial charge in [0.25, 0.3) is 0 Å². The van der Waals surface area contributed by atoms with Gasteiger partial charge in [0.15, 0.2) is 0 Å². The summed E-state index contributed by atoms with van der Waals surface area (Å²) in [5.74, 6) is 0. The molecule has 0 aliphatic rings. The summed E-state index contributed by atoms with van der Waals surface area (Å²) in [6.07, 6.45) is 1.83. The number of hydrogen-bond donors (Lipinski definition) is 1. The summed E-state index contributed by atoms with van der Waals surface area (Å²) in [5, 5.41) is 10.3. The Hall–Kier alpha value is 0.389. The van der Waals surface area contributed by atoms with Gasteiger partial charge in [-0.2, -0.15) is 0 Å². The third-order valence-corrected chi connectivity index (χ3v) is 3.62. The van der Waals surface area contributed by atoms with Crippen LogP contribution in [0.25, 0.3) is 0 Å². The molecule has 1 rings (SSSR count). The second kappa shape index (κ2) is 2.79. The fourth-order valence-corrected chi connectivity index (χ4v) is 2.42. The summed E-state index contributed by atoms with van der Waals surface area (Å²) in [5.41, 5.74) is -0.758. The van der Waals surface area contributed by atoms with Crippen LogP contribution >= 0.6 is 11.3 Å². The summed E-state index contributed by atoms with van der Waals surface area (Å²) >= 11 is 2.68. The normalized spacial score (nSPS) is 12.0. The Morgan fingerprint density at radius 2 is 2.30 bits per heavy atom. The molecule has 1 heterocycles. The molecule has 0 aliphatic carbocycles. The van der Waals surface area contributed by atoms with Gasteiger partial charge in [-0.15, -0.1) is 0 Å². The van der Waals surface area contributed by atoms with Crippen molar-refractivity contribution in [1.29, 1.82) is 0 Å². The average Bonchev–Trinajstić information content (AvgIpc) is 2.11. The molecule has 0 aliphatic heterocycles. The predicted molar refractivity (Wildman–Crippen MR) is 44.1 cm³/mol. The number of thiazole rings is 1. The van der Waals surface area contributed by atoms with Crippen molar-refractivity contribution in [3.8, 4) is 0 Å². The van der Waals surface area contributed by atoms with Gasteiger partial charge in [-0.1, -0.05) is 0 Å². The molecule has 0 bridgehead atoms. The van der Waals surface area contributed by atoms with E-state index in [1.807, 2.05) is 6.20 Å². The van der Waals surface area contributed by atoms with Gasteiger partial charge >= 0.3 is 77.5 Å². The molecular weight excluding hydrogens is 253 g/mol. The van der Waals surface area contributed by atoms with Crippen LogP contribution in [0, 0.1) is 0 Å².